The third-order valence-electron chi connectivity index (χ3n) is 5.67. The molecule has 0 aliphatic carbocycles. The topological polar surface area (TPSA) is 67.4 Å². The first-order chi connectivity index (χ1) is 13.8. The van der Waals surface area contributed by atoms with Crippen molar-refractivity contribution >= 4 is 40.7 Å². The first-order valence-electron chi connectivity index (χ1n) is 9.61. The summed E-state index contributed by atoms with van der Waals surface area (Å²) in [7, 11) is 0. The van der Waals surface area contributed by atoms with Gasteiger partial charge in [-0.3, -0.25) is 9.59 Å². The number of carbonyl (C=O) groups is 2. The first-order valence-corrected chi connectivity index (χ1v) is 10.4. The van der Waals surface area contributed by atoms with Gasteiger partial charge in [0.1, 0.15) is 5.41 Å². The van der Waals surface area contributed by atoms with E-state index < -0.39 is 17.4 Å². The van der Waals surface area contributed by atoms with Crippen molar-refractivity contribution in [2.75, 3.05) is 11.9 Å². The van der Waals surface area contributed by atoms with E-state index >= 15 is 0 Å². The van der Waals surface area contributed by atoms with E-state index in [0.717, 1.165) is 11.1 Å². The molecule has 2 heterocycles. The average molecular weight is 433 g/mol. The van der Waals surface area contributed by atoms with Gasteiger partial charge in [0.2, 0.25) is 11.8 Å². The Balaban J connectivity index is 1.99. The zero-order valence-corrected chi connectivity index (χ0v) is 17.7. The van der Waals surface area contributed by atoms with Gasteiger partial charge in [0.15, 0.2) is 0 Å². The van der Waals surface area contributed by atoms with Crippen molar-refractivity contribution in [1.82, 2.24) is 5.32 Å². The normalized spacial score (nSPS) is 26.2. The zero-order chi connectivity index (χ0) is 20.8. The van der Waals surface area contributed by atoms with Gasteiger partial charge in [0.25, 0.3) is 0 Å². The monoisotopic (exact) mass is 432 g/mol. The summed E-state index contributed by atoms with van der Waals surface area (Å²) in [4.78, 5) is 26.3. The molecule has 2 aromatic carbocycles. The molecule has 29 heavy (non-hydrogen) atoms. The molecule has 2 aliphatic rings. The molecule has 0 aromatic heterocycles. The van der Waals surface area contributed by atoms with Crippen molar-refractivity contribution in [2.45, 2.75) is 43.8 Å². The van der Waals surface area contributed by atoms with Crippen LogP contribution in [0.5, 0.6) is 0 Å². The third-order valence-corrected chi connectivity index (χ3v) is 6.14. The van der Waals surface area contributed by atoms with Crippen molar-refractivity contribution < 1.29 is 14.3 Å². The zero-order valence-electron chi connectivity index (χ0n) is 16.2. The number of rotatable bonds is 3. The van der Waals surface area contributed by atoms with Crippen molar-refractivity contribution in [3.05, 3.63) is 63.6 Å². The van der Waals surface area contributed by atoms with Gasteiger partial charge in [-0.25, -0.2) is 0 Å². The number of anilines is 1. The summed E-state index contributed by atoms with van der Waals surface area (Å²) in [5, 5.41) is 6.99. The Bertz CT molecular complexity index is 978. The van der Waals surface area contributed by atoms with Crippen molar-refractivity contribution in [3.63, 3.8) is 0 Å². The van der Waals surface area contributed by atoms with Crippen molar-refractivity contribution in [1.29, 1.82) is 0 Å². The number of hydrogen-bond donors (Lipinski definition) is 2. The molecule has 0 radical (unpaired) electrons. The molecule has 3 atom stereocenters. The highest BCUT2D eigenvalue weighted by atomic mass is 35.5. The molecule has 2 aromatic rings. The molecule has 1 fully saturated rings. The fourth-order valence-electron chi connectivity index (χ4n) is 4.59. The maximum Gasteiger partial charge on any atom is 0.238 e. The lowest BCUT2D eigenvalue weighted by Crippen LogP contribution is -2.53. The number of nitrogens with one attached hydrogen (secondary N) is 2. The summed E-state index contributed by atoms with van der Waals surface area (Å²) in [6.07, 6.45) is -0.537. The molecule has 2 aliphatic heterocycles. The van der Waals surface area contributed by atoms with Gasteiger partial charge in [0, 0.05) is 34.6 Å². The van der Waals surface area contributed by atoms with Crippen LogP contribution < -0.4 is 10.6 Å². The molecule has 2 N–H and O–H groups in total. The molecular formula is C22H22Cl2N2O3. The van der Waals surface area contributed by atoms with Crippen molar-refractivity contribution in [2.24, 2.45) is 0 Å². The van der Waals surface area contributed by atoms with Crippen LogP contribution in [0.3, 0.4) is 0 Å². The van der Waals surface area contributed by atoms with Crippen LogP contribution in [0.15, 0.2) is 42.5 Å². The van der Waals surface area contributed by atoms with E-state index in [4.69, 9.17) is 27.9 Å². The molecule has 152 valence electrons. The number of hydrogen-bond acceptors (Lipinski definition) is 3. The van der Waals surface area contributed by atoms with Gasteiger partial charge >= 0.3 is 0 Å². The van der Waals surface area contributed by atoms with Crippen LogP contribution in [0.4, 0.5) is 5.69 Å². The molecule has 2 unspecified atom stereocenters. The number of ether oxygens (including phenoxy) is 1. The minimum absolute atomic E-state index is 0.126. The number of carbonyl (C=O) groups excluding carboxylic acids is 2. The lowest BCUT2D eigenvalue weighted by molar-refractivity contribution is -0.130. The first kappa shape index (κ1) is 20.2. The van der Waals surface area contributed by atoms with Crippen LogP contribution in [0.25, 0.3) is 0 Å². The SMILES string of the molecule is CC(C)OC1CNC(=O)C[C@@H](c2cccc(Cl)c2)C12C(=O)Nc1cc(Cl)ccc12. The van der Waals surface area contributed by atoms with Crippen molar-refractivity contribution in [3.8, 4) is 0 Å². The highest BCUT2D eigenvalue weighted by Crippen LogP contribution is 2.53. The number of benzene rings is 2. The Morgan fingerprint density at radius 3 is 2.59 bits per heavy atom. The van der Waals surface area contributed by atoms with Crippen LogP contribution in [-0.2, 0) is 19.7 Å². The van der Waals surface area contributed by atoms with Gasteiger partial charge in [0.05, 0.1) is 12.2 Å². The van der Waals surface area contributed by atoms with Gasteiger partial charge in [-0.15, -0.1) is 0 Å². The Morgan fingerprint density at radius 2 is 1.86 bits per heavy atom. The summed E-state index contributed by atoms with van der Waals surface area (Å²) in [5.41, 5.74) is 1.18. The van der Waals surface area contributed by atoms with Crippen LogP contribution in [0.2, 0.25) is 10.0 Å². The number of amides is 2. The minimum Gasteiger partial charge on any atom is -0.372 e. The predicted octanol–water partition coefficient (Wildman–Crippen LogP) is 4.28. The highest BCUT2D eigenvalue weighted by Gasteiger charge is 2.60. The van der Waals surface area contributed by atoms with E-state index in [0.29, 0.717) is 15.7 Å². The van der Waals surface area contributed by atoms with Gasteiger partial charge in [-0.2, -0.15) is 0 Å². The molecule has 1 spiro atoms. The Morgan fingerprint density at radius 1 is 1.10 bits per heavy atom. The predicted molar refractivity (Wildman–Crippen MR) is 114 cm³/mol. The number of fused-ring (bicyclic) bond motifs is 2. The largest absolute Gasteiger partial charge is 0.372 e. The van der Waals surface area contributed by atoms with Gasteiger partial charge in [-0.05, 0) is 49.2 Å². The molecule has 7 heteroatoms. The molecule has 2 amide bonds. The second-order valence-corrected chi connectivity index (χ2v) is 8.68. The van der Waals surface area contributed by atoms with Crippen LogP contribution >= 0.6 is 23.2 Å². The van der Waals surface area contributed by atoms with E-state index in [9.17, 15) is 9.59 Å². The molecule has 5 nitrogen and oxygen atoms in total. The van der Waals surface area contributed by atoms with E-state index in [-0.39, 0.29) is 30.9 Å². The fourth-order valence-corrected chi connectivity index (χ4v) is 4.96. The fraction of sp³-hybridized carbons (Fsp3) is 0.364. The summed E-state index contributed by atoms with van der Waals surface area (Å²) in [6.45, 7) is 4.08. The second-order valence-electron chi connectivity index (χ2n) is 7.80. The van der Waals surface area contributed by atoms with Gasteiger partial charge in [-0.1, -0.05) is 41.4 Å². The third kappa shape index (κ3) is 3.41. The number of halogens is 2. The molecular weight excluding hydrogens is 411 g/mol. The van der Waals surface area contributed by atoms with E-state index in [2.05, 4.69) is 10.6 Å². The van der Waals surface area contributed by atoms with Crippen LogP contribution in [0, 0.1) is 0 Å². The second kappa shape index (κ2) is 7.63. The Hall–Kier alpha value is -2.08. The Kier molecular flexibility index (Phi) is 5.32. The summed E-state index contributed by atoms with van der Waals surface area (Å²) < 4.78 is 6.26. The lowest BCUT2D eigenvalue weighted by Gasteiger charge is -2.40. The lowest BCUT2D eigenvalue weighted by atomic mass is 9.64. The quantitative estimate of drug-likeness (QED) is 0.760. The Labute approximate surface area is 179 Å². The van der Waals surface area contributed by atoms with Crippen LogP contribution in [0.1, 0.15) is 37.3 Å². The molecule has 1 saturated heterocycles. The van der Waals surface area contributed by atoms with E-state index in [1.807, 2.05) is 38.1 Å². The highest BCUT2D eigenvalue weighted by molar-refractivity contribution is 6.31. The molecule has 4 rings (SSSR count). The standard InChI is InChI=1S/C22H22Cl2N2O3/c1-12(2)29-19-11-25-20(27)10-17(13-4-3-5-14(23)8-13)22(19)16-7-6-15(24)9-18(16)26-21(22)28/h3-9,12,17,19H,10-11H2,1-2H3,(H,25,27)(H,26,28)/t17-,19?,22?/m0/s1. The van der Waals surface area contributed by atoms with Gasteiger partial charge < -0.3 is 15.4 Å². The van der Waals surface area contributed by atoms with E-state index in [1.165, 1.54) is 0 Å². The minimum atomic E-state index is -1.09. The molecule has 0 bridgehead atoms. The maximum absolute atomic E-state index is 13.6. The summed E-state index contributed by atoms with van der Waals surface area (Å²) in [6, 6.07) is 12.7. The van der Waals surface area contributed by atoms with E-state index in [1.54, 1.807) is 18.2 Å². The summed E-state index contributed by atoms with van der Waals surface area (Å²) >= 11 is 12.4. The smallest absolute Gasteiger partial charge is 0.238 e. The van der Waals surface area contributed by atoms with Crippen LogP contribution in [-0.4, -0.2) is 30.6 Å². The molecule has 0 saturated carbocycles. The summed E-state index contributed by atoms with van der Waals surface area (Å²) in [5.74, 6) is -0.767. The maximum atomic E-state index is 13.6. The average Bonchev–Trinajstić information content (AvgIpc) is 2.85.